The molecule has 0 aliphatic carbocycles. The highest BCUT2D eigenvalue weighted by Gasteiger charge is 2.00. The Balaban J connectivity index is 0.00000320. The zero-order chi connectivity index (χ0) is 20.2. The lowest BCUT2D eigenvalue weighted by Gasteiger charge is -2.11. The number of aromatic nitrogens is 1. The predicted molar refractivity (Wildman–Crippen MR) is 133 cm³/mol. The maximum absolute atomic E-state index is 5.84. The van der Waals surface area contributed by atoms with Gasteiger partial charge in [-0.15, -0.1) is 24.0 Å². The summed E-state index contributed by atoms with van der Waals surface area (Å²) < 4.78 is 5.84. The monoisotopic (exact) mass is 516 g/mol. The minimum Gasteiger partial charge on any atom is -0.489 e. The standard InChI is InChI=1S/C24H28N4O.HI/c1-2-25-24(27-17-15-22-10-6-7-16-26-22)28-18-20-11-13-23(14-12-20)29-19-21-8-4-3-5-9-21;/h3-14,16H,2,15,17-19H2,1H3,(H2,25,27,28);1H. The molecule has 158 valence electrons. The summed E-state index contributed by atoms with van der Waals surface area (Å²) in [7, 11) is 0. The Bertz CT molecular complexity index is 871. The van der Waals surface area contributed by atoms with Gasteiger partial charge in [0.2, 0.25) is 0 Å². The van der Waals surface area contributed by atoms with Crippen LogP contribution in [-0.2, 0) is 19.6 Å². The van der Waals surface area contributed by atoms with E-state index in [9.17, 15) is 0 Å². The van der Waals surface area contributed by atoms with Crippen molar-refractivity contribution in [3.05, 3.63) is 95.8 Å². The molecule has 5 nitrogen and oxygen atoms in total. The first-order valence-electron chi connectivity index (χ1n) is 10.0. The van der Waals surface area contributed by atoms with Crippen molar-refractivity contribution in [2.75, 3.05) is 13.1 Å². The summed E-state index contributed by atoms with van der Waals surface area (Å²) in [4.78, 5) is 9.02. The van der Waals surface area contributed by atoms with Crippen molar-refractivity contribution in [3.8, 4) is 5.75 Å². The second kappa shape index (κ2) is 13.6. The molecule has 0 radical (unpaired) electrons. The maximum atomic E-state index is 5.84. The van der Waals surface area contributed by atoms with Crippen LogP contribution in [0.5, 0.6) is 5.75 Å². The van der Waals surface area contributed by atoms with E-state index in [0.29, 0.717) is 13.2 Å². The number of hydrogen-bond acceptors (Lipinski definition) is 3. The van der Waals surface area contributed by atoms with Gasteiger partial charge in [-0.05, 0) is 42.3 Å². The Labute approximate surface area is 196 Å². The van der Waals surface area contributed by atoms with E-state index in [4.69, 9.17) is 4.74 Å². The Morgan fingerprint density at radius 3 is 2.37 bits per heavy atom. The number of pyridine rings is 1. The number of ether oxygens (including phenoxy) is 1. The van der Waals surface area contributed by atoms with Gasteiger partial charge < -0.3 is 15.4 Å². The molecule has 3 aromatic rings. The summed E-state index contributed by atoms with van der Waals surface area (Å²) in [5, 5.41) is 6.65. The van der Waals surface area contributed by atoms with Crippen LogP contribution in [0.25, 0.3) is 0 Å². The highest BCUT2D eigenvalue weighted by molar-refractivity contribution is 14.0. The van der Waals surface area contributed by atoms with Crippen LogP contribution in [0.4, 0.5) is 0 Å². The summed E-state index contributed by atoms with van der Waals surface area (Å²) in [5.41, 5.74) is 3.37. The molecule has 1 heterocycles. The van der Waals surface area contributed by atoms with Gasteiger partial charge >= 0.3 is 0 Å². The first kappa shape index (κ1) is 23.7. The molecule has 0 saturated heterocycles. The van der Waals surface area contributed by atoms with E-state index < -0.39 is 0 Å². The third-order valence-electron chi connectivity index (χ3n) is 4.34. The van der Waals surface area contributed by atoms with Gasteiger partial charge in [-0.1, -0.05) is 48.5 Å². The van der Waals surface area contributed by atoms with E-state index in [0.717, 1.165) is 48.0 Å². The van der Waals surface area contributed by atoms with E-state index in [1.165, 1.54) is 0 Å². The van der Waals surface area contributed by atoms with E-state index in [2.05, 4.69) is 51.8 Å². The van der Waals surface area contributed by atoms with Gasteiger partial charge in [0.25, 0.3) is 0 Å². The van der Waals surface area contributed by atoms with Crippen LogP contribution >= 0.6 is 24.0 Å². The van der Waals surface area contributed by atoms with Crippen LogP contribution in [0.3, 0.4) is 0 Å². The molecule has 0 spiro atoms. The Hall–Kier alpha value is -2.61. The Morgan fingerprint density at radius 1 is 0.900 bits per heavy atom. The van der Waals surface area contributed by atoms with Crippen LogP contribution in [0.1, 0.15) is 23.7 Å². The van der Waals surface area contributed by atoms with Crippen LogP contribution in [0, 0.1) is 0 Å². The van der Waals surface area contributed by atoms with Gasteiger partial charge in [-0.2, -0.15) is 0 Å². The molecule has 0 saturated carbocycles. The molecule has 1 aromatic heterocycles. The summed E-state index contributed by atoms with van der Waals surface area (Å²) in [5.74, 6) is 1.68. The van der Waals surface area contributed by atoms with E-state index in [-0.39, 0.29) is 24.0 Å². The molecule has 6 heteroatoms. The van der Waals surface area contributed by atoms with E-state index >= 15 is 0 Å². The largest absolute Gasteiger partial charge is 0.489 e. The molecule has 0 amide bonds. The summed E-state index contributed by atoms with van der Waals surface area (Å²) in [6, 6.07) is 24.2. The summed E-state index contributed by atoms with van der Waals surface area (Å²) in [6.07, 6.45) is 2.68. The molecular weight excluding hydrogens is 487 g/mol. The third-order valence-corrected chi connectivity index (χ3v) is 4.34. The first-order chi connectivity index (χ1) is 14.3. The molecule has 0 aliphatic rings. The van der Waals surface area contributed by atoms with Gasteiger partial charge in [0.1, 0.15) is 12.4 Å². The van der Waals surface area contributed by atoms with Crippen LogP contribution in [0.15, 0.2) is 84.0 Å². The molecular formula is C24H29IN4O. The first-order valence-corrected chi connectivity index (χ1v) is 10.0. The fraction of sp³-hybridized carbons (Fsp3) is 0.250. The topological polar surface area (TPSA) is 58.5 Å². The zero-order valence-corrected chi connectivity index (χ0v) is 19.6. The van der Waals surface area contributed by atoms with Gasteiger partial charge in [0, 0.05) is 31.4 Å². The number of rotatable bonds is 9. The third kappa shape index (κ3) is 8.41. The van der Waals surface area contributed by atoms with Gasteiger partial charge in [0.05, 0.1) is 6.54 Å². The maximum Gasteiger partial charge on any atom is 0.191 e. The summed E-state index contributed by atoms with van der Waals surface area (Å²) >= 11 is 0. The second-order valence-corrected chi connectivity index (χ2v) is 6.61. The Kier molecular flexibility index (Phi) is 10.7. The van der Waals surface area contributed by atoms with Crippen molar-refractivity contribution < 1.29 is 4.74 Å². The molecule has 0 fully saturated rings. The molecule has 0 atom stereocenters. The van der Waals surface area contributed by atoms with Gasteiger partial charge in [-0.25, -0.2) is 4.99 Å². The lowest BCUT2D eigenvalue weighted by atomic mass is 10.2. The highest BCUT2D eigenvalue weighted by Crippen LogP contribution is 2.14. The highest BCUT2D eigenvalue weighted by atomic mass is 127. The van der Waals surface area contributed by atoms with Crippen molar-refractivity contribution >= 4 is 29.9 Å². The smallest absolute Gasteiger partial charge is 0.191 e. The van der Waals surface area contributed by atoms with Crippen molar-refractivity contribution in [1.29, 1.82) is 0 Å². The lowest BCUT2D eigenvalue weighted by Crippen LogP contribution is -2.38. The molecule has 30 heavy (non-hydrogen) atoms. The SMILES string of the molecule is CCNC(=NCc1ccc(OCc2ccccc2)cc1)NCCc1ccccn1.I. The molecule has 2 N–H and O–H groups in total. The quantitative estimate of drug-likeness (QED) is 0.249. The minimum absolute atomic E-state index is 0. The minimum atomic E-state index is 0. The average Bonchev–Trinajstić information content (AvgIpc) is 2.78. The van der Waals surface area contributed by atoms with E-state index in [1.807, 2.05) is 54.7 Å². The molecule has 3 rings (SSSR count). The Morgan fingerprint density at radius 2 is 1.67 bits per heavy atom. The molecule has 0 unspecified atom stereocenters. The van der Waals surface area contributed by atoms with Crippen LogP contribution in [0.2, 0.25) is 0 Å². The van der Waals surface area contributed by atoms with Crippen LogP contribution in [-0.4, -0.2) is 24.0 Å². The normalized spacial score (nSPS) is 10.8. The second-order valence-electron chi connectivity index (χ2n) is 6.61. The van der Waals surface area contributed by atoms with Gasteiger partial charge in [0.15, 0.2) is 5.96 Å². The number of halogens is 1. The number of benzene rings is 2. The lowest BCUT2D eigenvalue weighted by molar-refractivity contribution is 0.306. The molecule has 0 bridgehead atoms. The summed E-state index contributed by atoms with van der Waals surface area (Å²) in [6.45, 7) is 4.85. The molecule has 0 aliphatic heterocycles. The van der Waals surface area contributed by atoms with Gasteiger partial charge in [-0.3, -0.25) is 4.98 Å². The van der Waals surface area contributed by atoms with Crippen molar-refractivity contribution in [2.45, 2.75) is 26.5 Å². The number of nitrogens with one attached hydrogen (secondary N) is 2. The fourth-order valence-electron chi connectivity index (χ4n) is 2.80. The van der Waals surface area contributed by atoms with Crippen molar-refractivity contribution in [3.63, 3.8) is 0 Å². The number of guanidine groups is 1. The number of nitrogens with zero attached hydrogens (tertiary/aromatic N) is 2. The predicted octanol–water partition coefficient (Wildman–Crippen LogP) is 4.58. The fourth-order valence-corrected chi connectivity index (χ4v) is 2.80. The van der Waals surface area contributed by atoms with E-state index in [1.54, 1.807) is 0 Å². The molecule has 2 aromatic carbocycles. The zero-order valence-electron chi connectivity index (χ0n) is 17.3. The number of hydrogen-bond donors (Lipinski definition) is 2. The number of aliphatic imine (C=N–C) groups is 1. The van der Waals surface area contributed by atoms with Crippen LogP contribution < -0.4 is 15.4 Å². The average molecular weight is 516 g/mol. The van der Waals surface area contributed by atoms with Crippen molar-refractivity contribution in [2.24, 2.45) is 4.99 Å². The van der Waals surface area contributed by atoms with Crippen molar-refractivity contribution in [1.82, 2.24) is 15.6 Å².